The Morgan fingerprint density at radius 1 is 1.35 bits per heavy atom. The number of rotatable bonds is 2. The van der Waals surface area contributed by atoms with Crippen molar-refractivity contribution in [3.63, 3.8) is 0 Å². The molecule has 1 aromatic carbocycles. The number of hydrogen-bond acceptors (Lipinski definition) is 2. The van der Waals surface area contributed by atoms with Gasteiger partial charge in [0.25, 0.3) is 0 Å². The molecule has 0 saturated carbocycles. The number of nitrogens with one attached hydrogen (secondary N) is 1. The largest absolute Gasteiger partial charge is 0.370 e. The molecule has 17 heavy (non-hydrogen) atoms. The maximum Gasteiger partial charge on any atom is 0.147 e. The second-order valence-electron chi connectivity index (χ2n) is 3.88. The second-order valence-corrected chi connectivity index (χ2v) is 3.88. The maximum absolute atomic E-state index is 13.7. The van der Waals surface area contributed by atoms with Gasteiger partial charge in [0.15, 0.2) is 0 Å². The van der Waals surface area contributed by atoms with Gasteiger partial charge in [-0.25, -0.2) is 4.39 Å². The molecule has 1 aliphatic rings. The number of halogens is 2. The lowest BCUT2D eigenvalue weighted by Crippen LogP contribution is -2.23. The Kier molecular flexibility index (Phi) is 3.33. The molecule has 0 aliphatic carbocycles. The third-order valence-electron chi connectivity index (χ3n) is 2.80. The van der Waals surface area contributed by atoms with Gasteiger partial charge in [-0.2, -0.15) is 0 Å². The van der Waals surface area contributed by atoms with Crippen LogP contribution in [-0.2, 0) is 6.54 Å². The first-order chi connectivity index (χ1) is 7.84. The van der Waals surface area contributed by atoms with Crippen LogP contribution < -0.4 is 5.32 Å². The molecule has 2 aromatic rings. The van der Waals surface area contributed by atoms with E-state index in [1.807, 2.05) is 22.9 Å². The molecule has 1 N–H and O–H groups in total. The number of para-hydroxylation sites is 1. The highest BCUT2D eigenvalue weighted by Gasteiger charge is 2.10. The Balaban J connectivity index is 0.00000108. The zero-order valence-electron chi connectivity index (χ0n) is 9.19. The number of hydrogen-bond donors (Lipinski definition) is 1. The minimum absolute atomic E-state index is 0. The highest BCUT2D eigenvalue weighted by Crippen LogP contribution is 2.19. The molecule has 0 unspecified atom stereocenters. The van der Waals surface area contributed by atoms with Crippen LogP contribution in [0.1, 0.15) is 0 Å². The summed E-state index contributed by atoms with van der Waals surface area (Å²) in [6, 6.07) is 7.06. The van der Waals surface area contributed by atoms with Gasteiger partial charge in [-0.1, -0.05) is 12.1 Å². The van der Waals surface area contributed by atoms with E-state index in [0.29, 0.717) is 12.1 Å². The van der Waals surface area contributed by atoms with E-state index in [4.69, 9.17) is 0 Å². The van der Waals surface area contributed by atoms with Gasteiger partial charge in [-0.3, -0.25) is 4.99 Å². The monoisotopic (exact) mass is 253 g/mol. The number of aliphatic imine (C=N–C) groups is 1. The summed E-state index contributed by atoms with van der Waals surface area (Å²) in [5, 5.41) is 4.12. The van der Waals surface area contributed by atoms with Crippen LogP contribution in [0.3, 0.4) is 0 Å². The van der Waals surface area contributed by atoms with Crippen LogP contribution in [0.25, 0.3) is 10.9 Å². The van der Waals surface area contributed by atoms with Gasteiger partial charge >= 0.3 is 0 Å². The molecule has 0 saturated heterocycles. The van der Waals surface area contributed by atoms with E-state index >= 15 is 0 Å². The molecular weight excluding hydrogens is 241 g/mol. The lowest BCUT2D eigenvalue weighted by Gasteiger charge is -2.06. The number of benzene rings is 1. The van der Waals surface area contributed by atoms with Crippen LogP contribution in [0, 0.1) is 5.82 Å². The average molecular weight is 254 g/mol. The number of aromatic nitrogens is 1. The summed E-state index contributed by atoms with van der Waals surface area (Å²) < 4.78 is 15.6. The number of fused-ring (bicyclic) bond motifs is 1. The quantitative estimate of drug-likeness (QED) is 0.874. The van der Waals surface area contributed by atoms with E-state index in [1.165, 1.54) is 6.07 Å². The van der Waals surface area contributed by atoms with E-state index in [1.54, 1.807) is 6.07 Å². The highest BCUT2D eigenvalue weighted by atomic mass is 35.5. The van der Waals surface area contributed by atoms with Crippen molar-refractivity contribution in [1.82, 2.24) is 9.88 Å². The smallest absolute Gasteiger partial charge is 0.147 e. The van der Waals surface area contributed by atoms with Crippen molar-refractivity contribution in [1.29, 1.82) is 0 Å². The van der Waals surface area contributed by atoms with Gasteiger partial charge in [-0.15, -0.1) is 12.4 Å². The predicted octanol–water partition coefficient (Wildman–Crippen LogP) is 2.20. The molecule has 0 amide bonds. The Morgan fingerprint density at radius 3 is 3.00 bits per heavy atom. The van der Waals surface area contributed by atoms with E-state index in [9.17, 15) is 4.39 Å². The van der Waals surface area contributed by atoms with Crippen molar-refractivity contribution in [2.24, 2.45) is 4.99 Å². The highest BCUT2D eigenvalue weighted by molar-refractivity contribution is 5.87. The van der Waals surface area contributed by atoms with Crippen molar-refractivity contribution in [2.75, 3.05) is 13.1 Å². The molecule has 90 valence electrons. The summed E-state index contributed by atoms with van der Waals surface area (Å²) in [6.07, 6.45) is 1.90. The van der Waals surface area contributed by atoms with Gasteiger partial charge in [0.2, 0.25) is 0 Å². The molecular formula is C12H13ClFN3. The molecule has 3 rings (SSSR count). The van der Waals surface area contributed by atoms with Gasteiger partial charge in [0.1, 0.15) is 11.7 Å². The van der Waals surface area contributed by atoms with Crippen LogP contribution in [0.4, 0.5) is 4.39 Å². The molecule has 0 atom stereocenters. The minimum atomic E-state index is -0.180. The summed E-state index contributed by atoms with van der Waals surface area (Å²) in [4.78, 5) is 4.31. The number of amidine groups is 1. The van der Waals surface area contributed by atoms with Gasteiger partial charge in [0, 0.05) is 18.1 Å². The van der Waals surface area contributed by atoms with Crippen molar-refractivity contribution < 1.29 is 4.39 Å². The summed E-state index contributed by atoms with van der Waals surface area (Å²) in [5.41, 5.74) is 0.652. The first kappa shape index (κ1) is 11.9. The van der Waals surface area contributed by atoms with Gasteiger partial charge < -0.3 is 9.88 Å². The van der Waals surface area contributed by atoms with Crippen LogP contribution >= 0.6 is 12.4 Å². The standard InChI is InChI=1S/C12H12FN3.ClH/c13-10-3-1-2-9-4-7-16(12(9)10)8-11-14-5-6-15-11;/h1-4,7H,5-6,8H2,(H,14,15);1H. The molecule has 3 nitrogen and oxygen atoms in total. The predicted molar refractivity (Wildman–Crippen MR) is 69.4 cm³/mol. The molecule has 0 spiro atoms. The zero-order valence-corrected chi connectivity index (χ0v) is 10.0. The summed E-state index contributed by atoms with van der Waals surface area (Å²) in [7, 11) is 0. The van der Waals surface area contributed by atoms with E-state index in [-0.39, 0.29) is 18.2 Å². The SMILES string of the molecule is Cl.Fc1cccc2ccn(CC3=NCCN3)c12. The topological polar surface area (TPSA) is 29.3 Å². The summed E-state index contributed by atoms with van der Waals surface area (Å²) in [5.74, 6) is 0.752. The molecule has 1 aliphatic heterocycles. The van der Waals surface area contributed by atoms with Crippen LogP contribution in [0.2, 0.25) is 0 Å². The third-order valence-corrected chi connectivity index (χ3v) is 2.80. The third kappa shape index (κ3) is 2.13. The average Bonchev–Trinajstić information content (AvgIpc) is 2.90. The molecule has 0 fully saturated rings. The minimum Gasteiger partial charge on any atom is -0.370 e. The lowest BCUT2D eigenvalue weighted by molar-refractivity contribution is 0.630. The molecule has 1 aromatic heterocycles. The number of nitrogens with zero attached hydrogens (tertiary/aromatic N) is 2. The van der Waals surface area contributed by atoms with Crippen molar-refractivity contribution in [3.8, 4) is 0 Å². The lowest BCUT2D eigenvalue weighted by atomic mass is 10.2. The van der Waals surface area contributed by atoms with Gasteiger partial charge in [-0.05, 0) is 12.1 Å². The van der Waals surface area contributed by atoms with E-state index in [0.717, 1.165) is 24.3 Å². The first-order valence-electron chi connectivity index (χ1n) is 5.35. The zero-order chi connectivity index (χ0) is 11.0. The van der Waals surface area contributed by atoms with Crippen LogP contribution in [0.5, 0.6) is 0 Å². The van der Waals surface area contributed by atoms with E-state index < -0.39 is 0 Å². The Hall–Kier alpha value is -1.55. The molecule has 2 heterocycles. The Morgan fingerprint density at radius 2 is 2.24 bits per heavy atom. The Labute approximate surface area is 105 Å². The van der Waals surface area contributed by atoms with Crippen molar-refractivity contribution >= 4 is 29.1 Å². The maximum atomic E-state index is 13.7. The first-order valence-corrected chi connectivity index (χ1v) is 5.35. The Bertz CT molecular complexity index is 562. The van der Waals surface area contributed by atoms with Gasteiger partial charge in [0.05, 0.1) is 18.6 Å². The van der Waals surface area contributed by atoms with Crippen LogP contribution in [-0.4, -0.2) is 23.5 Å². The molecule has 5 heteroatoms. The van der Waals surface area contributed by atoms with E-state index in [2.05, 4.69) is 10.3 Å². The van der Waals surface area contributed by atoms with Crippen molar-refractivity contribution in [3.05, 3.63) is 36.3 Å². The summed E-state index contributed by atoms with van der Waals surface area (Å²) >= 11 is 0. The summed E-state index contributed by atoms with van der Waals surface area (Å²) in [6.45, 7) is 2.32. The fraction of sp³-hybridized carbons (Fsp3) is 0.250. The molecule has 0 radical (unpaired) electrons. The molecule has 0 bridgehead atoms. The normalized spacial score (nSPS) is 14.3. The fourth-order valence-corrected chi connectivity index (χ4v) is 2.06. The van der Waals surface area contributed by atoms with Crippen LogP contribution in [0.15, 0.2) is 35.5 Å². The second kappa shape index (κ2) is 4.75. The fourth-order valence-electron chi connectivity index (χ4n) is 2.06. The van der Waals surface area contributed by atoms with Crippen molar-refractivity contribution in [2.45, 2.75) is 6.54 Å².